The van der Waals surface area contributed by atoms with E-state index in [1.165, 1.54) is 10.1 Å². The van der Waals surface area contributed by atoms with E-state index in [9.17, 15) is 9.59 Å². The normalized spacial score (nSPS) is 20.4. The molecule has 1 fully saturated rings. The molecule has 2 heterocycles. The van der Waals surface area contributed by atoms with Crippen molar-refractivity contribution in [3.05, 3.63) is 64.1 Å². The third-order valence-electron chi connectivity index (χ3n) is 4.82. The fourth-order valence-electron chi connectivity index (χ4n) is 3.42. The Balaban J connectivity index is 1.75. The van der Waals surface area contributed by atoms with Gasteiger partial charge in [0.2, 0.25) is 0 Å². The Hall–Kier alpha value is -2.60. The van der Waals surface area contributed by atoms with Crippen LogP contribution in [0, 0.1) is 6.92 Å². The minimum absolute atomic E-state index is 0.000250. The molecule has 1 aliphatic rings. The van der Waals surface area contributed by atoms with Gasteiger partial charge < -0.3 is 15.2 Å². The summed E-state index contributed by atoms with van der Waals surface area (Å²) in [6.45, 7) is 2.73. The Morgan fingerprint density at radius 2 is 1.88 bits per heavy atom. The third-order valence-corrected chi connectivity index (χ3v) is 4.82. The highest BCUT2D eigenvalue weighted by Crippen LogP contribution is 2.30. The SMILES string of the molecule is Cc1ccn(C)c(=O)c1NC(=O)N[C@H]1CCN(C)[C@H]1c1ccccc1. The second-order valence-corrected chi connectivity index (χ2v) is 6.62. The second kappa shape index (κ2) is 7.11. The van der Waals surface area contributed by atoms with Crippen LogP contribution in [0.2, 0.25) is 0 Å². The molecule has 0 unspecified atom stereocenters. The predicted molar refractivity (Wildman–Crippen MR) is 98.8 cm³/mol. The molecule has 0 aliphatic carbocycles. The largest absolute Gasteiger partial charge is 0.333 e. The smallest absolute Gasteiger partial charge is 0.319 e. The minimum Gasteiger partial charge on any atom is -0.333 e. The number of aryl methyl sites for hydroxylation is 2. The molecule has 2 aromatic rings. The summed E-state index contributed by atoms with van der Waals surface area (Å²) in [5, 5.41) is 5.77. The number of pyridine rings is 1. The Labute approximate surface area is 147 Å². The molecule has 1 saturated heterocycles. The standard InChI is InChI=1S/C19H24N4O2/c1-13-9-11-23(3)18(24)16(13)21-19(25)20-15-10-12-22(2)17(15)14-7-5-4-6-8-14/h4-9,11,15,17H,10,12H2,1-3H3,(H2,20,21,25)/t15-,17-/m0/s1. The predicted octanol–water partition coefficient (Wildman–Crippen LogP) is 2.26. The summed E-state index contributed by atoms with van der Waals surface area (Å²) in [6.07, 6.45) is 2.56. The zero-order valence-corrected chi connectivity index (χ0v) is 14.8. The summed E-state index contributed by atoms with van der Waals surface area (Å²) >= 11 is 0. The summed E-state index contributed by atoms with van der Waals surface area (Å²) in [5.74, 6) is 0. The van der Waals surface area contributed by atoms with Crippen LogP contribution >= 0.6 is 0 Å². The number of carbonyl (C=O) groups is 1. The van der Waals surface area contributed by atoms with Crippen LogP contribution in [-0.2, 0) is 7.05 Å². The van der Waals surface area contributed by atoms with Gasteiger partial charge in [-0.2, -0.15) is 0 Å². The van der Waals surface area contributed by atoms with Crippen LogP contribution in [0.4, 0.5) is 10.5 Å². The number of nitrogens with one attached hydrogen (secondary N) is 2. The Bertz CT molecular complexity index is 816. The van der Waals surface area contributed by atoms with E-state index < -0.39 is 0 Å². The monoisotopic (exact) mass is 340 g/mol. The Kier molecular flexibility index (Phi) is 4.90. The first-order chi connectivity index (χ1) is 12.0. The molecular formula is C19H24N4O2. The van der Waals surface area contributed by atoms with E-state index >= 15 is 0 Å². The lowest BCUT2D eigenvalue weighted by molar-refractivity contribution is 0.240. The van der Waals surface area contributed by atoms with Crippen LogP contribution in [0.3, 0.4) is 0 Å². The molecule has 132 valence electrons. The van der Waals surface area contributed by atoms with E-state index in [0.717, 1.165) is 18.5 Å². The Morgan fingerprint density at radius 3 is 2.60 bits per heavy atom. The van der Waals surface area contributed by atoms with Crippen LogP contribution < -0.4 is 16.2 Å². The van der Waals surface area contributed by atoms with Gasteiger partial charge in [-0.05, 0) is 37.6 Å². The quantitative estimate of drug-likeness (QED) is 0.901. The highest BCUT2D eigenvalue weighted by Gasteiger charge is 2.34. The number of aromatic nitrogens is 1. The fourth-order valence-corrected chi connectivity index (χ4v) is 3.42. The van der Waals surface area contributed by atoms with Crippen molar-refractivity contribution in [2.75, 3.05) is 18.9 Å². The molecule has 2 atom stereocenters. The zero-order chi connectivity index (χ0) is 18.0. The molecule has 1 aromatic heterocycles. The van der Waals surface area contributed by atoms with Crippen LogP contribution in [0.25, 0.3) is 0 Å². The highest BCUT2D eigenvalue weighted by atomic mass is 16.2. The molecule has 25 heavy (non-hydrogen) atoms. The zero-order valence-electron chi connectivity index (χ0n) is 14.8. The van der Waals surface area contributed by atoms with Gasteiger partial charge in [-0.1, -0.05) is 30.3 Å². The first kappa shape index (κ1) is 17.2. The first-order valence-electron chi connectivity index (χ1n) is 8.46. The van der Waals surface area contributed by atoms with Crippen molar-refractivity contribution in [3.63, 3.8) is 0 Å². The Morgan fingerprint density at radius 1 is 1.16 bits per heavy atom. The molecule has 1 aromatic carbocycles. The highest BCUT2D eigenvalue weighted by molar-refractivity contribution is 5.90. The molecule has 6 nitrogen and oxygen atoms in total. The van der Waals surface area contributed by atoms with Gasteiger partial charge in [0.1, 0.15) is 5.69 Å². The van der Waals surface area contributed by atoms with Crippen LogP contribution in [0.15, 0.2) is 47.4 Å². The summed E-state index contributed by atoms with van der Waals surface area (Å²) in [5.41, 5.74) is 2.05. The van der Waals surface area contributed by atoms with Gasteiger partial charge in [-0.3, -0.25) is 9.69 Å². The molecule has 6 heteroatoms. The number of likely N-dealkylation sites (N-methyl/N-ethyl adjacent to an activating group) is 1. The molecule has 1 aliphatic heterocycles. The number of hydrogen-bond acceptors (Lipinski definition) is 3. The summed E-state index contributed by atoms with van der Waals surface area (Å²) < 4.78 is 1.46. The third kappa shape index (κ3) is 3.58. The van der Waals surface area contributed by atoms with Gasteiger partial charge in [-0.15, -0.1) is 0 Å². The second-order valence-electron chi connectivity index (χ2n) is 6.62. The maximum absolute atomic E-state index is 12.5. The van der Waals surface area contributed by atoms with Crippen LogP contribution in [0.5, 0.6) is 0 Å². The maximum atomic E-state index is 12.5. The van der Waals surface area contributed by atoms with Crippen molar-refractivity contribution in [3.8, 4) is 0 Å². The van der Waals surface area contributed by atoms with E-state index in [1.54, 1.807) is 13.2 Å². The average molecular weight is 340 g/mol. The lowest BCUT2D eigenvalue weighted by Gasteiger charge is -2.26. The molecule has 0 saturated carbocycles. The van der Waals surface area contributed by atoms with E-state index in [-0.39, 0.29) is 23.7 Å². The van der Waals surface area contributed by atoms with Gasteiger partial charge >= 0.3 is 6.03 Å². The van der Waals surface area contributed by atoms with Crippen molar-refractivity contribution in [1.29, 1.82) is 0 Å². The van der Waals surface area contributed by atoms with Crippen molar-refractivity contribution in [2.24, 2.45) is 7.05 Å². The number of amides is 2. The van der Waals surface area contributed by atoms with Gasteiger partial charge in [0, 0.05) is 19.8 Å². The maximum Gasteiger partial charge on any atom is 0.319 e. The molecule has 0 spiro atoms. The number of benzene rings is 1. The number of likely N-dealkylation sites (tertiary alicyclic amines) is 1. The van der Waals surface area contributed by atoms with Crippen LogP contribution in [0.1, 0.15) is 23.6 Å². The number of rotatable bonds is 3. The van der Waals surface area contributed by atoms with Gasteiger partial charge in [-0.25, -0.2) is 4.79 Å². The molecule has 0 bridgehead atoms. The summed E-state index contributed by atoms with van der Waals surface area (Å²) in [7, 11) is 3.73. The number of anilines is 1. The molecule has 3 rings (SSSR count). The van der Waals surface area contributed by atoms with Crippen molar-refractivity contribution in [2.45, 2.75) is 25.4 Å². The molecule has 2 amide bonds. The summed E-state index contributed by atoms with van der Waals surface area (Å²) in [4.78, 5) is 26.9. The van der Waals surface area contributed by atoms with E-state index in [0.29, 0.717) is 5.69 Å². The summed E-state index contributed by atoms with van der Waals surface area (Å²) in [6, 6.07) is 11.8. The molecule has 0 radical (unpaired) electrons. The van der Waals surface area contributed by atoms with Gasteiger partial charge in [0.05, 0.1) is 12.1 Å². The van der Waals surface area contributed by atoms with Crippen LogP contribution in [-0.4, -0.2) is 35.1 Å². The van der Waals surface area contributed by atoms with E-state index in [4.69, 9.17) is 0 Å². The fraction of sp³-hybridized carbons (Fsp3) is 0.368. The van der Waals surface area contributed by atoms with Gasteiger partial charge in [0.15, 0.2) is 0 Å². The van der Waals surface area contributed by atoms with Crippen molar-refractivity contribution < 1.29 is 4.79 Å². The number of carbonyl (C=O) groups excluding carboxylic acids is 1. The van der Waals surface area contributed by atoms with Crippen molar-refractivity contribution in [1.82, 2.24) is 14.8 Å². The lowest BCUT2D eigenvalue weighted by Crippen LogP contribution is -2.42. The minimum atomic E-state index is -0.340. The number of nitrogens with zero attached hydrogens (tertiary/aromatic N) is 2. The number of hydrogen-bond donors (Lipinski definition) is 2. The van der Waals surface area contributed by atoms with Crippen molar-refractivity contribution >= 4 is 11.7 Å². The van der Waals surface area contributed by atoms with E-state index in [1.807, 2.05) is 31.2 Å². The molecular weight excluding hydrogens is 316 g/mol. The van der Waals surface area contributed by atoms with Gasteiger partial charge in [0.25, 0.3) is 5.56 Å². The lowest BCUT2D eigenvalue weighted by atomic mass is 10.0. The topological polar surface area (TPSA) is 66.4 Å². The average Bonchev–Trinajstić information content (AvgIpc) is 2.96. The first-order valence-corrected chi connectivity index (χ1v) is 8.46. The number of urea groups is 1. The molecule has 2 N–H and O–H groups in total. The van der Waals surface area contributed by atoms with E-state index in [2.05, 4.69) is 34.7 Å².